The van der Waals surface area contributed by atoms with Crippen molar-refractivity contribution >= 4 is 11.9 Å². The van der Waals surface area contributed by atoms with E-state index in [2.05, 4.69) is 5.32 Å². The summed E-state index contributed by atoms with van der Waals surface area (Å²) in [5.74, 6) is -3.65. The third-order valence-corrected chi connectivity index (χ3v) is 1.39. The van der Waals surface area contributed by atoms with E-state index < -0.39 is 11.9 Å². The summed E-state index contributed by atoms with van der Waals surface area (Å²) in [7, 11) is 0. The molecule has 1 atom stereocenters. The summed E-state index contributed by atoms with van der Waals surface area (Å²) in [5.41, 5.74) is 0. The molecule has 1 rings (SSSR count). The fraction of sp³-hybridized carbons (Fsp3) is 0.714. The minimum atomic E-state index is -1.82. The number of hydrogen-bond acceptors (Lipinski definition) is 5. The molecule has 1 fully saturated rings. The minimum Gasteiger partial charge on any atom is -0.473 e. The van der Waals surface area contributed by atoms with Gasteiger partial charge in [-0.3, -0.25) is 0 Å². The van der Waals surface area contributed by atoms with Gasteiger partial charge in [0.25, 0.3) is 0 Å². The number of ether oxygens (including phenoxy) is 1. The van der Waals surface area contributed by atoms with E-state index in [1.807, 2.05) is 0 Å². The Morgan fingerprint density at radius 2 is 1.93 bits per heavy atom. The lowest BCUT2D eigenvalue weighted by molar-refractivity contribution is -0.159. The van der Waals surface area contributed by atoms with Crippen molar-refractivity contribution in [2.24, 2.45) is 0 Å². The van der Waals surface area contributed by atoms with Gasteiger partial charge in [0.2, 0.25) is 0 Å². The predicted octanol–water partition coefficient (Wildman–Crippen LogP) is -1.88. The van der Waals surface area contributed by atoms with Crippen LogP contribution >= 0.6 is 0 Å². The van der Waals surface area contributed by atoms with Gasteiger partial charge in [0.15, 0.2) is 0 Å². The van der Waals surface area contributed by atoms with Gasteiger partial charge in [-0.15, -0.1) is 0 Å². The maximum absolute atomic E-state index is 9.10. The van der Waals surface area contributed by atoms with Gasteiger partial charge in [0.1, 0.15) is 0 Å². The van der Waals surface area contributed by atoms with Crippen LogP contribution in [0.4, 0.5) is 0 Å². The Balaban J connectivity index is 0.000000255. The molecule has 14 heavy (non-hydrogen) atoms. The highest BCUT2D eigenvalue weighted by Gasteiger charge is 2.10. The molecule has 0 unspecified atom stereocenters. The van der Waals surface area contributed by atoms with E-state index >= 15 is 0 Å². The van der Waals surface area contributed by atoms with E-state index in [1.54, 1.807) is 0 Å². The first-order valence-electron chi connectivity index (χ1n) is 3.97. The molecule has 0 aromatic rings. The summed E-state index contributed by atoms with van der Waals surface area (Å²) >= 11 is 0. The van der Waals surface area contributed by atoms with Crippen LogP contribution in [0.5, 0.6) is 0 Å². The van der Waals surface area contributed by atoms with Crippen molar-refractivity contribution < 1.29 is 29.6 Å². The SMILES string of the molecule is O=C(O)C(=O)O.OC[C@H]1CNCCO1. The van der Waals surface area contributed by atoms with Crippen molar-refractivity contribution in [3.8, 4) is 0 Å². The zero-order valence-electron chi connectivity index (χ0n) is 7.47. The second-order valence-corrected chi connectivity index (χ2v) is 2.49. The lowest BCUT2D eigenvalue weighted by Crippen LogP contribution is -2.40. The number of carboxylic acids is 2. The van der Waals surface area contributed by atoms with Gasteiger partial charge >= 0.3 is 11.9 Å². The smallest absolute Gasteiger partial charge is 0.414 e. The standard InChI is InChI=1S/C5H11NO2.C2H2O4/c7-4-5-3-6-1-2-8-5;3-1(4)2(5)6/h5-7H,1-4H2;(H,3,4)(H,5,6)/t5-;/m1./s1. The maximum atomic E-state index is 9.10. The van der Waals surface area contributed by atoms with Gasteiger partial charge in [0, 0.05) is 13.1 Å². The molecule has 0 bridgehead atoms. The Morgan fingerprint density at radius 3 is 2.14 bits per heavy atom. The Bertz CT molecular complexity index is 177. The van der Waals surface area contributed by atoms with Gasteiger partial charge in [-0.25, -0.2) is 9.59 Å². The van der Waals surface area contributed by atoms with E-state index in [1.165, 1.54) is 0 Å². The molecule has 0 radical (unpaired) electrons. The molecule has 0 spiro atoms. The fourth-order valence-corrected chi connectivity index (χ4v) is 0.737. The molecule has 0 saturated carbocycles. The molecule has 1 saturated heterocycles. The Labute approximate surface area is 80.3 Å². The molecule has 0 aromatic heterocycles. The number of aliphatic hydroxyl groups is 1. The minimum absolute atomic E-state index is 0.0312. The number of nitrogens with one attached hydrogen (secondary N) is 1. The molecular formula is C7H13NO6. The summed E-state index contributed by atoms with van der Waals surface area (Å²) < 4.78 is 5.11. The second kappa shape index (κ2) is 7.25. The molecule has 0 aliphatic carbocycles. The van der Waals surface area contributed by atoms with Crippen LogP contribution in [-0.2, 0) is 14.3 Å². The van der Waals surface area contributed by atoms with E-state index in [0.717, 1.165) is 19.7 Å². The maximum Gasteiger partial charge on any atom is 0.414 e. The van der Waals surface area contributed by atoms with Gasteiger partial charge in [-0.05, 0) is 0 Å². The van der Waals surface area contributed by atoms with Crippen molar-refractivity contribution in [3.63, 3.8) is 0 Å². The van der Waals surface area contributed by atoms with E-state index in [9.17, 15) is 0 Å². The highest BCUT2D eigenvalue weighted by molar-refractivity contribution is 6.27. The molecule has 0 aromatic carbocycles. The third-order valence-electron chi connectivity index (χ3n) is 1.39. The molecule has 4 N–H and O–H groups in total. The third kappa shape index (κ3) is 6.35. The molecule has 1 heterocycles. The summed E-state index contributed by atoms with van der Waals surface area (Å²) in [6.45, 7) is 2.56. The summed E-state index contributed by atoms with van der Waals surface area (Å²) in [5, 5.41) is 26.4. The zero-order chi connectivity index (χ0) is 11.0. The molecule has 0 amide bonds. The van der Waals surface area contributed by atoms with Crippen LogP contribution < -0.4 is 5.32 Å². The number of carbonyl (C=O) groups is 2. The largest absolute Gasteiger partial charge is 0.473 e. The van der Waals surface area contributed by atoms with E-state index in [-0.39, 0.29) is 12.7 Å². The number of morpholine rings is 1. The first-order chi connectivity index (χ1) is 6.57. The summed E-state index contributed by atoms with van der Waals surface area (Å²) in [4.78, 5) is 18.2. The zero-order valence-corrected chi connectivity index (χ0v) is 7.47. The first-order valence-corrected chi connectivity index (χ1v) is 3.97. The lowest BCUT2D eigenvalue weighted by Gasteiger charge is -2.21. The van der Waals surface area contributed by atoms with Crippen molar-refractivity contribution in [3.05, 3.63) is 0 Å². The lowest BCUT2D eigenvalue weighted by atomic mass is 10.3. The topological polar surface area (TPSA) is 116 Å². The monoisotopic (exact) mass is 207 g/mol. The second-order valence-electron chi connectivity index (χ2n) is 2.49. The first kappa shape index (κ1) is 12.8. The highest BCUT2D eigenvalue weighted by Crippen LogP contribution is 1.92. The van der Waals surface area contributed by atoms with Crippen LogP contribution in [0.2, 0.25) is 0 Å². The molecule has 1 aliphatic rings. The normalized spacial score (nSPS) is 20.5. The summed E-state index contributed by atoms with van der Waals surface area (Å²) in [6.07, 6.45) is 0.0312. The average Bonchev–Trinajstić information content (AvgIpc) is 2.20. The van der Waals surface area contributed by atoms with Gasteiger partial charge < -0.3 is 25.4 Å². The van der Waals surface area contributed by atoms with Crippen molar-refractivity contribution in [2.75, 3.05) is 26.3 Å². The Morgan fingerprint density at radius 1 is 1.36 bits per heavy atom. The van der Waals surface area contributed by atoms with Crippen LogP contribution in [0, 0.1) is 0 Å². The fourth-order valence-electron chi connectivity index (χ4n) is 0.737. The van der Waals surface area contributed by atoms with Crippen LogP contribution in [-0.4, -0.2) is 59.7 Å². The number of rotatable bonds is 1. The molecule has 1 aliphatic heterocycles. The predicted molar refractivity (Wildman–Crippen MR) is 45.0 cm³/mol. The van der Waals surface area contributed by atoms with Gasteiger partial charge in [0.05, 0.1) is 19.3 Å². The molecule has 7 heteroatoms. The van der Waals surface area contributed by atoms with Crippen LogP contribution in [0.15, 0.2) is 0 Å². The number of aliphatic hydroxyl groups excluding tert-OH is 1. The van der Waals surface area contributed by atoms with Gasteiger partial charge in [-0.1, -0.05) is 0 Å². The number of aliphatic carboxylic acids is 2. The van der Waals surface area contributed by atoms with Crippen LogP contribution in [0.3, 0.4) is 0 Å². The van der Waals surface area contributed by atoms with Crippen molar-refractivity contribution in [2.45, 2.75) is 6.10 Å². The Kier molecular flexibility index (Phi) is 6.63. The number of hydrogen-bond donors (Lipinski definition) is 4. The molecular weight excluding hydrogens is 194 g/mol. The highest BCUT2D eigenvalue weighted by atomic mass is 16.5. The average molecular weight is 207 g/mol. The van der Waals surface area contributed by atoms with Crippen molar-refractivity contribution in [1.29, 1.82) is 0 Å². The summed E-state index contributed by atoms with van der Waals surface area (Å²) in [6, 6.07) is 0. The van der Waals surface area contributed by atoms with Crippen molar-refractivity contribution in [1.82, 2.24) is 5.32 Å². The quantitative estimate of drug-likeness (QED) is 0.372. The Hall–Kier alpha value is -1.18. The van der Waals surface area contributed by atoms with Crippen LogP contribution in [0.25, 0.3) is 0 Å². The molecule has 7 nitrogen and oxygen atoms in total. The van der Waals surface area contributed by atoms with E-state index in [4.69, 9.17) is 29.6 Å². The van der Waals surface area contributed by atoms with Crippen LogP contribution in [0.1, 0.15) is 0 Å². The molecule has 82 valence electrons. The van der Waals surface area contributed by atoms with Gasteiger partial charge in [-0.2, -0.15) is 0 Å². The van der Waals surface area contributed by atoms with E-state index in [0.29, 0.717) is 0 Å². The number of carboxylic acid groups (broad SMARTS) is 2.